The van der Waals surface area contributed by atoms with Gasteiger partial charge in [-0.05, 0) is 12.1 Å². The number of ether oxygens (including phenoxy) is 1. The first-order chi connectivity index (χ1) is 10.2. The van der Waals surface area contributed by atoms with Gasteiger partial charge in [0.1, 0.15) is 0 Å². The van der Waals surface area contributed by atoms with Crippen molar-refractivity contribution in [2.24, 2.45) is 7.05 Å². The second-order valence-corrected chi connectivity index (χ2v) is 4.71. The lowest BCUT2D eigenvalue weighted by molar-refractivity contribution is 0.102. The fraction of sp³-hybridized carbons (Fsp3) is 0.125. The Balaban J connectivity index is 1.90. The van der Waals surface area contributed by atoms with Crippen LogP contribution in [0.4, 0.5) is 5.69 Å². The summed E-state index contributed by atoms with van der Waals surface area (Å²) in [5, 5.41) is 3.77. The smallest absolute Gasteiger partial charge is 0.257 e. The Labute approximate surface area is 122 Å². The summed E-state index contributed by atoms with van der Waals surface area (Å²) in [6, 6.07) is 11.3. The quantitative estimate of drug-likeness (QED) is 0.803. The number of amides is 1. The van der Waals surface area contributed by atoms with Crippen molar-refractivity contribution in [1.29, 1.82) is 0 Å². The Morgan fingerprint density at radius 1 is 1.24 bits per heavy atom. The highest BCUT2D eigenvalue weighted by molar-refractivity contribution is 6.12. The molecule has 0 aliphatic carbocycles. The molecule has 2 aromatic heterocycles. The van der Waals surface area contributed by atoms with Gasteiger partial charge in [0, 0.05) is 30.2 Å². The highest BCUT2D eigenvalue weighted by Gasteiger charge is 2.13. The number of rotatable bonds is 3. The summed E-state index contributed by atoms with van der Waals surface area (Å²) < 4.78 is 6.93. The summed E-state index contributed by atoms with van der Waals surface area (Å²) in [4.78, 5) is 16.5. The van der Waals surface area contributed by atoms with Crippen molar-refractivity contribution >= 4 is 22.5 Å². The van der Waals surface area contributed by atoms with E-state index in [1.165, 1.54) is 0 Å². The molecule has 0 aliphatic heterocycles. The van der Waals surface area contributed by atoms with Gasteiger partial charge in [-0.2, -0.15) is 0 Å². The minimum atomic E-state index is -0.154. The number of fused-ring (bicyclic) bond motifs is 1. The van der Waals surface area contributed by atoms with Crippen LogP contribution in [-0.2, 0) is 7.05 Å². The Bertz CT molecular complexity index is 791. The molecule has 0 aliphatic rings. The van der Waals surface area contributed by atoms with Crippen molar-refractivity contribution in [2.45, 2.75) is 0 Å². The molecule has 5 heteroatoms. The van der Waals surface area contributed by atoms with E-state index in [2.05, 4.69) is 10.3 Å². The molecule has 1 amide bonds. The van der Waals surface area contributed by atoms with Crippen molar-refractivity contribution in [3.8, 4) is 5.88 Å². The molecule has 0 radical (unpaired) electrons. The normalized spacial score (nSPS) is 10.6. The second kappa shape index (κ2) is 5.28. The number of nitrogens with zero attached hydrogens (tertiary/aromatic N) is 2. The predicted octanol–water partition coefficient (Wildman–Crippen LogP) is 2.83. The van der Waals surface area contributed by atoms with Gasteiger partial charge in [0.2, 0.25) is 5.88 Å². The summed E-state index contributed by atoms with van der Waals surface area (Å²) in [6.45, 7) is 0. The number of methoxy groups -OCH3 is 1. The maximum Gasteiger partial charge on any atom is 0.257 e. The number of aryl methyl sites for hydroxylation is 1. The molecule has 1 N–H and O–H groups in total. The molecule has 0 atom stereocenters. The summed E-state index contributed by atoms with van der Waals surface area (Å²) in [7, 11) is 3.48. The Morgan fingerprint density at radius 2 is 2.05 bits per heavy atom. The maximum absolute atomic E-state index is 12.4. The Hall–Kier alpha value is -2.82. The third-order valence-corrected chi connectivity index (χ3v) is 3.34. The molecule has 3 aromatic rings. The summed E-state index contributed by atoms with van der Waals surface area (Å²) >= 11 is 0. The molecule has 0 bridgehead atoms. The van der Waals surface area contributed by atoms with E-state index in [-0.39, 0.29) is 5.91 Å². The van der Waals surface area contributed by atoms with Gasteiger partial charge in [0.05, 0.1) is 24.6 Å². The highest BCUT2D eigenvalue weighted by Crippen LogP contribution is 2.21. The van der Waals surface area contributed by atoms with Crippen LogP contribution in [0.1, 0.15) is 10.4 Å². The number of carbonyl (C=O) groups is 1. The van der Waals surface area contributed by atoms with Crippen LogP contribution in [0.25, 0.3) is 10.9 Å². The molecular formula is C16H15N3O2. The number of carbonyl (C=O) groups excluding carboxylic acids is 1. The first-order valence-corrected chi connectivity index (χ1v) is 6.54. The molecule has 21 heavy (non-hydrogen) atoms. The van der Waals surface area contributed by atoms with Crippen molar-refractivity contribution in [3.05, 3.63) is 54.4 Å². The number of hydrogen-bond donors (Lipinski definition) is 1. The molecule has 0 saturated carbocycles. The van der Waals surface area contributed by atoms with E-state index in [9.17, 15) is 4.79 Å². The number of nitrogens with one attached hydrogen (secondary N) is 1. The lowest BCUT2D eigenvalue weighted by Gasteiger charge is -2.04. The minimum absolute atomic E-state index is 0.154. The number of hydrogen-bond acceptors (Lipinski definition) is 3. The molecule has 5 nitrogen and oxygen atoms in total. The molecular weight excluding hydrogens is 266 g/mol. The fourth-order valence-electron chi connectivity index (χ4n) is 2.30. The van der Waals surface area contributed by atoms with Gasteiger partial charge >= 0.3 is 0 Å². The van der Waals surface area contributed by atoms with E-state index in [1.807, 2.05) is 42.1 Å². The number of para-hydroxylation sites is 1. The summed E-state index contributed by atoms with van der Waals surface area (Å²) in [5.41, 5.74) is 2.30. The van der Waals surface area contributed by atoms with Gasteiger partial charge in [-0.1, -0.05) is 18.2 Å². The molecule has 1 aromatic carbocycles. The maximum atomic E-state index is 12.4. The number of anilines is 1. The van der Waals surface area contributed by atoms with E-state index in [1.54, 1.807) is 25.4 Å². The molecule has 106 valence electrons. The molecule has 2 heterocycles. The van der Waals surface area contributed by atoms with E-state index >= 15 is 0 Å². The predicted molar refractivity (Wildman–Crippen MR) is 81.7 cm³/mol. The van der Waals surface area contributed by atoms with Crippen molar-refractivity contribution in [2.75, 3.05) is 12.4 Å². The van der Waals surface area contributed by atoms with E-state index < -0.39 is 0 Å². The van der Waals surface area contributed by atoms with Gasteiger partial charge in [-0.3, -0.25) is 4.79 Å². The van der Waals surface area contributed by atoms with Crippen LogP contribution in [-0.4, -0.2) is 22.6 Å². The molecule has 0 unspecified atom stereocenters. The van der Waals surface area contributed by atoms with Gasteiger partial charge in [0.25, 0.3) is 5.91 Å². The fourth-order valence-corrected chi connectivity index (χ4v) is 2.30. The van der Waals surface area contributed by atoms with E-state index in [0.29, 0.717) is 17.1 Å². The van der Waals surface area contributed by atoms with E-state index in [4.69, 9.17) is 4.74 Å². The van der Waals surface area contributed by atoms with Gasteiger partial charge in [-0.25, -0.2) is 4.98 Å². The Morgan fingerprint density at radius 3 is 2.76 bits per heavy atom. The van der Waals surface area contributed by atoms with Crippen LogP contribution >= 0.6 is 0 Å². The number of benzene rings is 1. The summed E-state index contributed by atoms with van der Waals surface area (Å²) in [5.74, 6) is 0.358. The van der Waals surface area contributed by atoms with Crippen LogP contribution in [0.2, 0.25) is 0 Å². The van der Waals surface area contributed by atoms with E-state index in [0.717, 1.165) is 10.9 Å². The molecule has 0 saturated heterocycles. The van der Waals surface area contributed by atoms with Gasteiger partial charge in [-0.15, -0.1) is 0 Å². The Kier molecular flexibility index (Phi) is 3.31. The highest BCUT2D eigenvalue weighted by atomic mass is 16.5. The third kappa shape index (κ3) is 2.45. The lowest BCUT2D eigenvalue weighted by Crippen LogP contribution is -2.11. The van der Waals surface area contributed by atoms with Crippen molar-refractivity contribution in [3.63, 3.8) is 0 Å². The van der Waals surface area contributed by atoms with Gasteiger partial charge in [0.15, 0.2) is 0 Å². The SMILES string of the molecule is COc1ccc(NC(=O)c2cn(C)c3ccccc23)cn1. The summed E-state index contributed by atoms with van der Waals surface area (Å²) in [6.07, 6.45) is 3.40. The zero-order valence-corrected chi connectivity index (χ0v) is 11.8. The largest absolute Gasteiger partial charge is 0.481 e. The number of aromatic nitrogens is 2. The minimum Gasteiger partial charge on any atom is -0.481 e. The standard InChI is InChI=1S/C16H15N3O2/c1-19-10-13(12-5-3-4-6-14(12)19)16(20)18-11-7-8-15(21-2)17-9-11/h3-10H,1-2H3,(H,18,20). The van der Waals surface area contributed by atoms with Crippen LogP contribution < -0.4 is 10.1 Å². The average Bonchev–Trinajstić information content (AvgIpc) is 2.86. The zero-order chi connectivity index (χ0) is 14.8. The molecule has 3 rings (SSSR count). The third-order valence-electron chi connectivity index (χ3n) is 3.34. The van der Waals surface area contributed by atoms with Crippen LogP contribution in [0.15, 0.2) is 48.8 Å². The molecule has 0 spiro atoms. The first-order valence-electron chi connectivity index (χ1n) is 6.54. The van der Waals surface area contributed by atoms with Crippen molar-refractivity contribution < 1.29 is 9.53 Å². The topological polar surface area (TPSA) is 56.1 Å². The average molecular weight is 281 g/mol. The monoisotopic (exact) mass is 281 g/mol. The van der Waals surface area contributed by atoms with Gasteiger partial charge < -0.3 is 14.6 Å². The molecule has 0 fully saturated rings. The number of pyridine rings is 1. The second-order valence-electron chi connectivity index (χ2n) is 4.71. The van der Waals surface area contributed by atoms with Crippen LogP contribution in [0.5, 0.6) is 5.88 Å². The first kappa shape index (κ1) is 13.2. The van der Waals surface area contributed by atoms with Crippen molar-refractivity contribution in [1.82, 2.24) is 9.55 Å². The lowest BCUT2D eigenvalue weighted by atomic mass is 10.1. The zero-order valence-electron chi connectivity index (χ0n) is 11.8. The van der Waals surface area contributed by atoms with Crippen LogP contribution in [0.3, 0.4) is 0 Å². The van der Waals surface area contributed by atoms with Crippen LogP contribution in [0, 0.1) is 0 Å².